The predicted octanol–water partition coefficient (Wildman–Crippen LogP) is -0.135. The van der Waals surface area contributed by atoms with Crippen LogP contribution in [0.3, 0.4) is 0 Å². The van der Waals surface area contributed by atoms with E-state index in [-0.39, 0.29) is 0 Å². The Kier molecular flexibility index (Phi) is 3.87. The highest BCUT2D eigenvalue weighted by molar-refractivity contribution is 5.01. The molecule has 1 aliphatic heterocycles. The second kappa shape index (κ2) is 4.74. The molecule has 4 nitrogen and oxygen atoms in total. The van der Waals surface area contributed by atoms with E-state index in [1.165, 1.54) is 0 Å². The maximum Gasteiger partial charge on any atom is 0.102 e. The first-order valence-corrected chi connectivity index (χ1v) is 5.14. The van der Waals surface area contributed by atoms with Crippen molar-refractivity contribution in [3.05, 3.63) is 0 Å². The monoisotopic (exact) mass is 196 g/mol. The van der Waals surface area contributed by atoms with Crippen LogP contribution >= 0.6 is 0 Å². The molecule has 2 N–H and O–H groups in total. The van der Waals surface area contributed by atoms with Crippen molar-refractivity contribution >= 4 is 0 Å². The highest BCUT2D eigenvalue weighted by Crippen LogP contribution is 2.07. The number of hydrogen-bond donors (Lipinski definition) is 1. The zero-order chi connectivity index (χ0) is 10.6. The van der Waals surface area contributed by atoms with Crippen molar-refractivity contribution < 1.29 is 0 Å². The molecular weight excluding hydrogens is 176 g/mol. The molecule has 0 radical (unpaired) electrons. The summed E-state index contributed by atoms with van der Waals surface area (Å²) in [5.41, 5.74) is 5.10. The third-order valence-electron chi connectivity index (χ3n) is 2.80. The molecule has 0 amide bonds. The van der Waals surface area contributed by atoms with Crippen LogP contribution in [0, 0.1) is 11.3 Å². The van der Waals surface area contributed by atoms with E-state index in [4.69, 9.17) is 11.0 Å². The van der Waals surface area contributed by atoms with Crippen molar-refractivity contribution in [2.45, 2.75) is 18.9 Å². The lowest BCUT2D eigenvalue weighted by molar-refractivity contribution is 0.148. The summed E-state index contributed by atoms with van der Waals surface area (Å²) in [4.78, 5) is 4.70. The van der Waals surface area contributed by atoms with Gasteiger partial charge in [0, 0.05) is 32.7 Å². The van der Waals surface area contributed by atoms with Crippen molar-refractivity contribution in [2.75, 3.05) is 39.8 Å². The molecule has 1 heterocycles. The van der Waals surface area contributed by atoms with Crippen LogP contribution < -0.4 is 5.73 Å². The van der Waals surface area contributed by atoms with Gasteiger partial charge in [0.15, 0.2) is 0 Å². The quantitative estimate of drug-likeness (QED) is 0.683. The van der Waals surface area contributed by atoms with Gasteiger partial charge in [-0.1, -0.05) is 0 Å². The second-order valence-electron chi connectivity index (χ2n) is 4.42. The lowest BCUT2D eigenvalue weighted by Crippen LogP contribution is -2.47. The van der Waals surface area contributed by atoms with Crippen LogP contribution in [0.2, 0.25) is 0 Å². The fourth-order valence-corrected chi connectivity index (χ4v) is 1.52. The Morgan fingerprint density at radius 3 is 2.43 bits per heavy atom. The maximum atomic E-state index is 8.76. The van der Waals surface area contributed by atoms with E-state index in [0.717, 1.165) is 39.1 Å². The SMILES string of the molecule is CN1CCN(CCC(C)(N)C#N)CC1. The van der Waals surface area contributed by atoms with E-state index in [2.05, 4.69) is 22.9 Å². The molecule has 1 fully saturated rings. The molecule has 0 aromatic carbocycles. The van der Waals surface area contributed by atoms with E-state index in [1.54, 1.807) is 6.92 Å². The van der Waals surface area contributed by atoms with Gasteiger partial charge in [0.2, 0.25) is 0 Å². The van der Waals surface area contributed by atoms with Crippen LogP contribution in [0.15, 0.2) is 0 Å². The molecule has 1 aliphatic rings. The molecule has 80 valence electrons. The summed E-state index contributed by atoms with van der Waals surface area (Å²) in [5, 5.41) is 8.76. The number of rotatable bonds is 3. The lowest BCUT2D eigenvalue weighted by atomic mass is 10.0. The van der Waals surface area contributed by atoms with Crippen LogP contribution in [0.4, 0.5) is 0 Å². The first-order valence-electron chi connectivity index (χ1n) is 5.14. The van der Waals surface area contributed by atoms with Crippen molar-refractivity contribution in [1.29, 1.82) is 5.26 Å². The Morgan fingerprint density at radius 1 is 1.36 bits per heavy atom. The van der Waals surface area contributed by atoms with Crippen molar-refractivity contribution in [1.82, 2.24) is 9.80 Å². The summed E-state index contributed by atoms with van der Waals surface area (Å²) >= 11 is 0. The van der Waals surface area contributed by atoms with Crippen LogP contribution in [0.25, 0.3) is 0 Å². The van der Waals surface area contributed by atoms with E-state index in [9.17, 15) is 0 Å². The van der Waals surface area contributed by atoms with Gasteiger partial charge in [-0.25, -0.2) is 0 Å². The topological polar surface area (TPSA) is 56.3 Å². The number of likely N-dealkylation sites (N-methyl/N-ethyl adjacent to an activating group) is 1. The molecule has 1 rings (SSSR count). The predicted molar refractivity (Wildman–Crippen MR) is 56.8 cm³/mol. The minimum Gasteiger partial charge on any atom is -0.314 e. The number of piperazine rings is 1. The third kappa shape index (κ3) is 3.62. The lowest BCUT2D eigenvalue weighted by Gasteiger charge is -2.33. The normalized spacial score (nSPS) is 24.1. The zero-order valence-corrected chi connectivity index (χ0v) is 9.16. The van der Waals surface area contributed by atoms with Gasteiger partial charge in [0.1, 0.15) is 5.54 Å². The zero-order valence-electron chi connectivity index (χ0n) is 9.16. The summed E-state index contributed by atoms with van der Waals surface area (Å²) in [7, 11) is 2.14. The molecule has 0 spiro atoms. The maximum absolute atomic E-state index is 8.76. The van der Waals surface area contributed by atoms with Crippen molar-refractivity contribution in [3.63, 3.8) is 0 Å². The number of nitrogens with zero attached hydrogens (tertiary/aromatic N) is 3. The minimum atomic E-state index is -0.663. The van der Waals surface area contributed by atoms with Gasteiger partial charge in [0.05, 0.1) is 6.07 Å². The van der Waals surface area contributed by atoms with E-state index in [1.807, 2.05) is 0 Å². The molecule has 0 aliphatic carbocycles. The smallest absolute Gasteiger partial charge is 0.102 e. The van der Waals surface area contributed by atoms with Crippen LogP contribution in [0.5, 0.6) is 0 Å². The summed E-state index contributed by atoms with van der Waals surface area (Å²) in [6.45, 7) is 7.16. The number of hydrogen-bond acceptors (Lipinski definition) is 4. The fourth-order valence-electron chi connectivity index (χ4n) is 1.52. The Hall–Kier alpha value is -0.630. The van der Waals surface area contributed by atoms with Gasteiger partial charge in [-0.05, 0) is 20.4 Å². The van der Waals surface area contributed by atoms with E-state index >= 15 is 0 Å². The summed E-state index contributed by atoms with van der Waals surface area (Å²) in [6, 6.07) is 2.13. The Balaban J connectivity index is 2.23. The third-order valence-corrected chi connectivity index (χ3v) is 2.80. The molecule has 14 heavy (non-hydrogen) atoms. The van der Waals surface area contributed by atoms with Gasteiger partial charge >= 0.3 is 0 Å². The van der Waals surface area contributed by atoms with Crippen molar-refractivity contribution in [3.8, 4) is 6.07 Å². The second-order valence-corrected chi connectivity index (χ2v) is 4.42. The van der Waals surface area contributed by atoms with E-state index < -0.39 is 5.54 Å². The summed E-state index contributed by atoms with van der Waals surface area (Å²) < 4.78 is 0. The highest BCUT2D eigenvalue weighted by atomic mass is 15.2. The van der Waals surface area contributed by atoms with Crippen molar-refractivity contribution in [2.24, 2.45) is 5.73 Å². The number of nitriles is 1. The standard InChI is InChI=1S/C10H20N4/c1-10(12,9-11)3-4-14-7-5-13(2)6-8-14/h3-8,12H2,1-2H3. The molecule has 0 aromatic heterocycles. The molecule has 0 saturated carbocycles. The molecule has 1 atom stereocenters. The Morgan fingerprint density at radius 2 is 1.93 bits per heavy atom. The highest BCUT2D eigenvalue weighted by Gasteiger charge is 2.20. The molecular formula is C10H20N4. The average Bonchev–Trinajstić information content (AvgIpc) is 2.17. The molecule has 4 heteroatoms. The summed E-state index contributed by atoms with van der Waals surface area (Å²) in [6.07, 6.45) is 0.757. The largest absolute Gasteiger partial charge is 0.314 e. The fraction of sp³-hybridized carbons (Fsp3) is 0.900. The van der Waals surface area contributed by atoms with Gasteiger partial charge in [-0.2, -0.15) is 5.26 Å². The first kappa shape index (κ1) is 11.4. The number of nitrogens with two attached hydrogens (primary N) is 1. The van der Waals surface area contributed by atoms with Crippen LogP contribution in [-0.4, -0.2) is 55.1 Å². The molecule has 1 unspecified atom stereocenters. The molecule has 0 bridgehead atoms. The van der Waals surface area contributed by atoms with Gasteiger partial charge in [-0.3, -0.25) is 0 Å². The Bertz CT molecular complexity index is 211. The Labute approximate surface area is 86.3 Å². The van der Waals surface area contributed by atoms with Gasteiger partial charge in [-0.15, -0.1) is 0 Å². The van der Waals surface area contributed by atoms with Gasteiger partial charge < -0.3 is 15.5 Å². The van der Waals surface area contributed by atoms with Gasteiger partial charge in [0.25, 0.3) is 0 Å². The summed E-state index contributed by atoms with van der Waals surface area (Å²) in [5.74, 6) is 0. The average molecular weight is 196 g/mol. The first-order chi connectivity index (χ1) is 6.53. The molecule has 1 saturated heterocycles. The van der Waals surface area contributed by atoms with E-state index in [0.29, 0.717) is 0 Å². The molecule has 0 aromatic rings. The van der Waals surface area contributed by atoms with Crippen LogP contribution in [0.1, 0.15) is 13.3 Å². The van der Waals surface area contributed by atoms with Crippen LogP contribution in [-0.2, 0) is 0 Å². The minimum absolute atomic E-state index is 0.663.